The average molecular weight is 387 g/mol. The van der Waals surface area contributed by atoms with E-state index in [1.165, 1.54) is 0 Å². The highest BCUT2D eigenvalue weighted by molar-refractivity contribution is 5.93. The molecule has 1 unspecified atom stereocenters. The lowest BCUT2D eigenvalue weighted by atomic mass is 9.99. The molecule has 1 N–H and O–H groups in total. The summed E-state index contributed by atoms with van der Waals surface area (Å²) in [6, 6.07) is 7.62. The number of carbonyl (C=O) groups is 1. The Balaban J connectivity index is 1.99. The van der Waals surface area contributed by atoms with Gasteiger partial charge in [0, 0.05) is 25.2 Å². The van der Waals surface area contributed by atoms with E-state index >= 15 is 0 Å². The number of rotatable bonds is 10. The Hall–Kier alpha value is -2.34. The van der Waals surface area contributed by atoms with Crippen LogP contribution in [0, 0.1) is 19.8 Å². The molecule has 6 heteroatoms. The molecule has 0 aliphatic carbocycles. The molecule has 0 spiro atoms. The molecular formula is C22H34N4O2. The standard InChI is InChI=1S/C22H34N4O2/c1-7-26(8-2)13-14-28-21-12-10-9-11-20(21)23-22(27)16(3)15-19-17(4)24-25(6)18(19)5/h9-12,16H,7-8,13-15H2,1-6H3,(H,23,27). The van der Waals surface area contributed by atoms with Crippen LogP contribution in [0.3, 0.4) is 0 Å². The van der Waals surface area contributed by atoms with E-state index in [-0.39, 0.29) is 11.8 Å². The predicted molar refractivity (Wildman–Crippen MR) is 114 cm³/mol. The van der Waals surface area contributed by atoms with Gasteiger partial charge in [0.25, 0.3) is 0 Å². The summed E-state index contributed by atoms with van der Waals surface area (Å²) in [7, 11) is 1.93. The molecule has 1 amide bonds. The van der Waals surface area contributed by atoms with Crippen LogP contribution >= 0.6 is 0 Å². The molecule has 0 aliphatic heterocycles. The van der Waals surface area contributed by atoms with E-state index in [4.69, 9.17) is 4.74 Å². The van der Waals surface area contributed by atoms with E-state index in [1.54, 1.807) is 0 Å². The minimum atomic E-state index is -0.162. The molecule has 28 heavy (non-hydrogen) atoms. The fraction of sp³-hybridized carbons (Fsp3) is 0.545. The largest absolute Gasteiger partial charge is 0.490 e. The van der Waals surface area contributed by atoms with Gasteiger partial charge in [-0.2, -0.15) is 5.10 Å². The molecule has 0 radical (unpaired) electrons. The lowest BCUT2D eigenvalue weighted by molar-refractivity contribution is -0.119. The van der Waals surface area contributed by atoms with Gasteiger partial charge in [-0.15, -0.1) is 0 Å². The summed E-state index contributed by atoms with van der Waals surface area (Å²) in [5.41, 5.74) is 3.96. The lowest BCUT2D eigenvalue weighted by Crippen LogP contribution is -2.28. The van der Waals surface area contributed by atoms with E-state index in [2.05, 4.69) is 29.2 Å². The maximum absolute atomic E-state index is 12.8. The number of ether oxygens (including phenoxy) is 1. The maximum Gasteiger partial charge on any atom is 0.227 e. The molecule has 2 aromatic rings. The van der Waals surface area contributed by atoms with Crippen molar-refractivity contribution in [3.05, 3.63) is 41.2 Å². The predicted octanol–water partition coefficient (Wildman–Crippen LogP) is 3.57. The smallest absolute Gasteiger partial charge is 0.227 e. The number of amides is 1. The second-order valence-electron chi connectivity index (χ2n) is 7.24. The van der Waals surface area contributed by atoms with Crippen LogP contribution in [0.5, 0.6) is 5.75 Å². The van der Waals surface area contributed by atoms with Gasteiger partial charge in [-0.1, -0.05) is 32.9 Å². The number of anilines is 1. The molecule has 0 bridgehead atoms. The zero-order chi connectivity index (χ0) is 20.7. The first kappa shape index (κ1) is 22.0. The van der Waals surface area contributed by atoms with Gasteiger partial charge in [0.1, 0.15) is 12.4 Å². The number of aromatic nitrogens is 2. The number of hydrogen-bond acceptors (Lipinski definition) is 4. The third-order valence-corrected chi connectivity index (χ3v) is 5.32. The number of nitrogens with one attached hydrogen (secondary N) is 1. The van der Waals surface area contributed by atoms with Crippen molar-refractivity contribution in [3.63, 3.8) is 0 Å². The van der Waals surface area contributed by atoms with Crippen LogP contribution in [0.15, 0.2) is 24.3 Å². The topological polar surface area (TPSA) is 59.4 Å². The highest BCUT2D eigenvalue weighted by atomic mass is 16.5. The van der Waals surface area contributed by atoms with Gasteiger partial charge in [0.2, 0.25) is 5.91 Å². The average Bonchev–Trinajstić information content (AvgIpc) is 2.92. The highest BCUT2D eigenvalue weighted by Crippen LogP contribution is 2.25. The normalized spacial score (nSPS) is 12.2. The zero-order valence-electron chi connectivity index (χ0n) is 18.1. The van der Waals surface area contributed by atoms with Crippen LogP contribution < -0.4 is 10.1 Å². The van der Waals surface area contributed by atoms with Crippen LogP contribution in [0.1, 0.15) is 37.7 Å². The number of carbonyl (C=O) groups excluding carboxylic acids is 1. The summed E-state index contributed by atoms with van der Waals surface area (Å²) in [6.07, 6.45) is 0.669. The first-order chi connectivity index (χ1) is 13.4. The number of likely N-dealkylation sites (N-methyl/N-ethyl adjacent to an activating group) is 1. The van der Waals surface area contributed by atoms with Gasteiger partial charge in [0.15, 0.2) is 0 Å². The van der Waals surface area contributed by atoms with E-state index in [9.17, 15) is 4.79 Å². The Labute approximate surface area is 168 Å². The fourth-order valence-electron chi connectivity index (χ4n) is 3.29. The number of para-hydroxylation sites is 2. The Morgan fingerprint density at radius 3 is 2.54 bits per heavy atom. The van der Waals surface area contributed by atoms with Crippen molar-refractivity contribution in [2.75, 3.05) is 31.6 Å². The van der Waals surface area contributed by atoms with Crippen LogP contribution in [-0.4, -0.2) is 46.8 Å². The monoisotopic (exact) mass is 386 g/mol. The molecule has 1 aromatic heterocycles. The van der Waals surface area contributed by atoms with Gasteiger partial charge in [-0.05, 0) is 51.1 Å². The molecule has 0 aliphatic rings. The van der Waals surface area contributed by atoms with Crippen molar-refractivity contribution >= 4 is 11.6 Å². The molecule has 0 fully saturated rings. The molecule has 154 valence electrons. The molecule has 1 heterocycles. The summed E-state index contributed by atoms with van der Waals surface area (Å²) in [5, 5.41) is 7.48. The Morgan fingerprint density at radius 1 is 1.25 bits per heavy atom. The van der Waals surface area contributed by atoms with Crippen molar-refractivity contribution in [2.24, 2.45) is 13.0 Å². The van der Waals surface area contributed by atoms with Gasteiger partial charge in [-0.25, -0.2) is 0 Å². The van der Waals surface area contributed by atoms with E-state index in [1.807, 2.05) is 56.8 Å². The molecule has 1 aromatic carbocycles. The molecule has 0 saturated carbocycles. The second kappa shape index (κ2) is 10.3. The van der Waals surface area contributed by atoms with Crippen molar-refractivity contribution < 1.29 is 9.53 Å². The fourth-order valence-corrected chi connectivity index (χ4v) is 3.29. The van der Waals surface area contributed by atoms with Crippen molar-refractivity contribution in [2.45, 2.75) is 41.0 Å². The van der Waals surface area contributed by atoms with E-state index in [0.29, 0.717) is 18.8 Å². The minimum Gasteiger partial charge on any atom is -0.490 e. The number of benzene rings is 1. The summed E-state index contributed by atoms with van der Waals surface area (Å²) in [6.45, 7) is 13.7. The number of nitrogens with zero attached hydrogens (tertiary/aromatic N) is 3. The lowest BCUT2D eigenvalue weighted by Gasteiger charge is -2.19. The molecule has 6 nitrogen and oxygen atoms in total. The Morgan fingerprint density at radius 2 is 1.93 bits per heavy atom. The number of hydrogen-bond donors (Lipinski definition) is 1. The van der Waals surface area contributed by atoms with Crippen LogP contribution in [0.25, 0.3) is 0 Å². The Bertz CT molecular complexity index is 781. The Kier molecular flexibility index (Phi) is 8.05. The second-order valence-corrected chi connectivity index (χ2v) is 7.24. The van der Waals surface area contributed by atoms with Crippen LogP contribution in [0.2, 0.25) is 0 Å². The first-order valence-electron chi connectivity index (χ1n) is 10.1. The summed E-state index contributed by atoms with van der Waals surface area (Å²) < 4.78 is 7.81. The summed E-state index contributed by atoms with van der Waals surface area (Å²) in [5.74, 6) is 0.539. The van der Waals surface area contributed by atoms with Gasteiger partial charge >= 0.3 is 0 Å². The summed E-state index contributed by atoms with van der Waals surface area (Å²) >= 11 is 0. The quantitative estimate of drug-likeness (QED) is 0.678. The van der Waals surface area contributed by atoms with Crippen molar-refractivity contribution in [1.29, 1.82) is 0 Å². The SMILES string of the molecule is CCN(CC)CCOc1ccccc1NC(=O)C(C)Cc1c(C)nn(C)c1C. The maximum atomic E-state index is 12.8. The number of aryl methyl sites for hydroxylation is 2. The third-order valence-electron chi connectivity index (χ3n) is 5.32. The third kappa shape index (κ3) is 5.58. The van der Waals surface area contributed by atoms with Crippen LogP contribution in [-0.2, 0) is 18.3 Å². The molecule has 1 atom stereocenters. The van der Waals surface area contributed by atoms with E-state index in [0.717, 1.165) is 42.3 Å². The van der Waals surface area contributed by atoms with Gasteiger partial charge < -0.3 is 15.0 Å². The van der Waals surface area contributed by atoms with Crippen molar-refractivity contribution in [1.82, 2.24) is 14.7 Å². The zero-order valence-corrected chi connectivity index (χ0v) is 18.1. The molecule has 2 rings (SSSR count). The van der Waals surface area contributed by atoms with E-state index < -0.39 is 0 Å². The van der Waals surface area contributed by atoms with Crippen molar-refractivity contribution in [3.8, 4) is 5.75 Å². The van der Waals surface area contributed by atoms with Crippen LogP contribution in [0.4, 0.5) is 5.69 Å². The highest BCUT2D eigenvalue weighted by Gasteiger charge is 2.19. The van der Waals surface area contributed by atoms with Gasteiger partial charge in [-0.3, -0.25) is 9.48 Å². The summed E-state index contributed by atoms with van der Waals surface area (Å²) in [4.78, 5) is 15.1. The minimum absolute atomic E-state index is 0.0116. The van der Waals surface area contributed by atoms with Gasteiger partial charge in [0.05, 0.1) is 11.4 Å². The first-order valence-corrected chi connectivity index (χ1v) is 10.1. The molecule has 0 saturated heterocycles. The molecular weight excluding hydrogens is 352 g/mol.